The number of ether oxygens (including phenoxy) is 3. The molecule has 0 radical (unpaired) electrons. The number of hydrogen-bond donors (Lipinski definition) is 1. The number of terminal acetylenes is 1. The number of halogens is 1. The summed E-state index contributed by atoms with van der Waals surface area (Å²) in [6, 6.07) is 8.69. The van der Waals surface area contributed by atoms with Crippen LogP contribution >= 0.6 is 0 Å². The highest BCUT2D eigenvalue weighted by molar-refractivity contribution is 5.87. The van der Waals surface area contributed by atoms with Gasteiger partial charge in [-0.25, -0.2) is 14.4 Å². The average molecular weight is 534 g/mol. The Balaban J connectivity index is 0.00000172. The Bertz CT molecular complexity index is 1440. The van der Waals surface area contributed by atoms with Crippen LogP contribution in [0.25, 0.3) is 21.8 Å². The standard InChI is InChI=1S/C28H30FN5O3.C2H6/c1-4-8-33-10-12-34(13-11-33)9-5-14-36-26-17-23-21(16-25(26)35-3)28(31-18-30-23)37-24-7-6-22-20(27(24)29)15-19(2)32-22;1-2/h1,6-7,15-18,32H,5,8-14H2,2-3H3;1-2H3. The summed E-state index contributed by atoms with van der Waals surface area (Å²) < 4.78 is 32.6. The first-order valence-electron chi connectivity index (χ1n) is 13.3. The number of fused-ring (bicyclic) bond motifs is 2. The molecule has 0 saturated carbocycles. The molecular formula is C30H36FN5O3. The number of nitrogens with one attached hydrogen (secondary N) is 1. The largest absolute Gasteiger partial charge is 0.493 e. The zero-order valence-electron chi connectivity index (χ0n) is 23.1. The van der Waals surface area contributed by atoms with E-state index in [2.05, 4.69) is 30.7 Å². The molecule has 1 aliphatic rings. The van der Waals surface area contributed by atoms with Crippen LogP contribution in [0.2, 0.25) is 0 Å². The van der Waals surface area contributed by atoms with Crippen molar-refractivity contribution in [2.75, 3.05) is 53.0 Å². The van der Waals surface area contributed by atoms with Crippen molar-refractivity contribution in [2.24, 2.45) is 0 Å². The molecule has 5 rings (SSSR count). The highest BCUT2D eigenvalue weighted by atomic mass is 19.1. The van der Waals surface area contributed by atoms with Gasteiger partial charge in [-0.05, 0) is 37.6 Å². The third-order valence-corrected chi connectivity index (χ3v) is 6.58. The number of benzene rings is 2. The van der Waals surface area contributed by atoms with Gasteiger partial charge in [0, 0.05) is 55.4 Å². The van der Waals surface area contributed by atoms with E-state index in [1.54, 1.807) is 37.4 Å². The van der Waals surface area contributed by atoms with Crippen molar-refractivity contribution in [2.45, 2.75) is 27.2 Å². The molecule has 206 valence electrons. The smallest absolute Gasteiger partial charge is 0.230 e. The van der Waals surface area contributed by atoms with E-state index in [9.17, 15) is 0 Å². The molecule has 0 bridgehead atoms. The van der Waals surface area contributed by atoms with Crippen LogP contribution in [0.3, 0.4) is 0 Å². The molecule has 1 fully saturated rings. The fraction of sp³-hybridized carbons (Fsp3) is 0.400. The minimum atomic E-state index is -0.446. The Hall–Kier alpha value is -3.87. The SMILES string of the molecule is C#CCN1CCN(CCCOc2cc3ncnc(Oc4ccc5[nH]c(C)cc5c4F)c3cc2OC)CC1.CC. The summed E-state index contributed by atoms with van der Waals surface area (Å²) >= 11 is 0. The van der Waals surface area contributed by atoms with Crippen molar-refractivity contribution in [3.63, 3.8) is 0 Å². The van der Waals surface area contributed by atoms with Crippen molar-refractivity contribution in [1.82, 2.24) is 24.8 Å². The lowest BCUT2D eigenvalue weighted by Crippen LogP contribution is -2.46. The van der Waals surface area contributed by atoms with E-state index in [0.717, 1.165) is 44.8 Å². The Morgan fingerprint density at radius 3 is 2.51 bits per heavy atom. The first-order chi connectivity index (χ1) is 19.1. The molecule has 1 N–H and O–H groups in total. The maximum absolute atomic E-state index is 15.1. The summed E-state index contributed by atoms with van der Waals surface area (Å²) in [7, 11) is 1.58. The van der Waals surface area contributed by atoms with E-state index in [1.165, 1.54) is 6.33 Å². The molecule has 2 aromatic heterocycles. The quantitative estimate of drug-likeness (QED) is 0.228. The van der Waals surface area contributed by atoms with Crippen LogP contribution in [-0.4, -0.2) is 77.7 Å². The normalized spacial score (nSPS) is 14.1. The molecule has 1 aliphatic heterocycles. The van der Waals surface area contributed by atoms with E-state index in [0.29, 0.717) is 46.5 Å². The van der Waals surface area contributed by atoms with Gasteiger partial charge in [-0.15, -0.1) is 6.42 Å². The highest BCUT2D eigenvalue weighted by Gasteiger charge is 2.18. The Morgan fingerprint density at radius 2 is 1.77 bits per heavy atom. The fourth-order valence-corrected chi connectivity index (χ4v) is 4.64. The van der Waals surface area contributed by atoms with Gasteiger partial charge in [-0.3, -0.25) is 4.90 Å². The summed E-state index contributed by atoms with van der Waals surface area (Å²) in [6.45, 7) is 12.1. The van der Waals surface area contributed by atoms with Gasteiger partial charge in [-0.2, -0.15) is 0 Å². The van der Waals surface area contributed by atoms with Gasteiger partial charge in [-0.1, -0.05) is 19.8 Å². The topological polar surface area (TPSA) is 75.7 Å². The number of aromatic nitrogens is 3. The zero-order valence-corrected chi connectivity index (χ0v) is 23.1. The Labute approximate surface area is 229 Å². The monoisotopic (exact) mass is 533 g/mol. The van der Waals surface area contributed by atoms with Crippen LogP contribution in [0.15, 0.2) is 36.7 Å². The summed E-state index contributed by atoms with van der Waals surface area (Å²) in [4.78, 5) is 16.5. The third kappa shape index (κ3) is 6.59. The minimum absolute atomic E-state index is 0.0888. The molecule has 0 amide bonds. The second kappa shape index (κ2) is 13.3. The van der Waals surface area contributed by atoms with E-state index in [4.69, 9.17) is 20.6 Å². The zero-order chi connectivity index (χ0) is 27.8. The van der Waals surface area contributed by atoms with Crippen molar-refractivity contribution in [3.05, 3.63) is 48.2 Å². The van der Waals surface area contributed by atoms with E-state index in [1.807, 2.05) is 20.8 Å². The molecule has 0 aliphatic carbocycles. The van der Waals surface area contributed by atoms with Gasteiger partial charge in [0.2, 0.25) is 5.88 Å². The number of nitrogens with zero attached hydrogens (tertiary/aromatic N) is 4. The second-order valence-corrected chi connectivity index (χ2v) is 9.12. The molecular weight excluding hydrogens is 497 g/mol. The predicted octanol–water partition coefficient (Wildman–Crippen LogP) is 5.41. The Morgan fingerprint density at radius 1 is 1.00 bits per heavy atom. The van der Waals surface area contributed by atoms with Crippen LogP contribution < -0.4 is 14.2 Å². The average Bonchev–Trinajstić information content (AvgIpc) is 3.35. The van der Waals surface area contributed by atoms with Gasteiger partial charge in [0.05, 0.1) is 31.2 Å². The van der Waals surface area contributed by atoms with E-state index < -0.39 is 5.82 Å². The van der Waals surface area contributed by atoms with Crippen molar-refractivity contribution < 1.29 is 18.6 Å². The number of H-pyrrole nitrogens is 1. The molecule has 0 unspecified atom stereocenters. The van der Waals surface area contributed by atoms with Crippen LogP contribution in [0.5, 0.6) is 23.1 Å². The Kier molecular flexibility index (Phi) is 9.58. The molecule has 39 heavy (non-hydrogen) atoms. The van der Waals surface area contributed by atoms with Crippen LogP contribution in [0.1, 0.15) is 26.0 Å². The first-order valence-corrected chi connectivity index (χ1v) is 13.3. The molecule has 4 aromatic rings. The number of aromatic amines is 1. The van der Waals surface area contributed by atoms with Gasteiger partial charge in [0.25, 0.3) is 0 Å². The lowest BCUT2D eigenvalue weighted by atomic mass is 10.2. The molecule has 0 spiro atoms. The highest BCUT2D eigenvalue weighted by Crippen LogP contribution is 2.37. The molecule has 2 aromatic carbocycles. The van der Waals surface area contributed by atoms with Gasteiger partial charge in [0.1, 0.15) is 6.33 Å². The predicted molar refractivity (Wildman–Crippen MR) is 152 cm³/mol. The minimum Gasteiger partial charge on any atom is -0.493 e. The van der Waals surface area contributed by atoms with Crippen molar-refractivity contribution >= 4 is 21.8 Å². The summed E-state index contributed by atoms with van der Waals surface area (Å²) in [6.07, 6.45) is 7.69. The number of hydrogen-bond acceptors (Lipinski definition) is 7. The van der Waals surface area contributed by atoms with Gasteiger partial charge >= 0.3 is 0 Å². The van der Waals surface area contributed by atoms with E-state index in [-0.39, 0.29) is 11.6 Å². The maximum atomic E-state index is 15.1. The van der Waals surface area contributed by atoms with Crippen molar-refractivity contribution in [3.8, 4) is 35.5 Å². The second-order valence-electron chi connectivity index (χ2n) is 9.12. The molecule has 0 atom stereocenters. The number of aryl methyl sites for hydroxylation is 1. The summed E-state index contributed by atoms with van der Waals surface area (Å²) in [5.41, 5.74) is 2.20. The molecule has 1 saturated heterocycles. The van der Waals surface area contributed by atoms with Crippen molar-refractivity contribution in [1.29, 1.82) is 0 Å². The number of rotatable bonds is 9. The molecule has 8 nitrogen and oxygen atoms in total. The lowest BCUT2D eigenvalue weighted by molar-refractivity contribution is 0.136. The summed E-state index contributed by atoms with van der Waals surface area (Å²) in [5.74, 6) is 3.72. The van der Waals surface area contributed by atoms with Gasteiger partial charge in [0.15, 0.2) is 23.1 Å². The number of piperazine rings is 1. The van der Waals surface area contributed by atoms with Crippen LogP contribution in [-0.2, 0) is 0 Å². The fourth-order valence-electron chi connectivity index (χ4n) is 4.64. The summed E-state index contributed by atoms with van der Waals surface area (Å²) in [5, 5.41) is 1.07. The lowest BCUT2D eigenvalue weighted by Gasteiger charge is -2.33. The third-order valence-electron chi connectivity index (χ3n) is 6.58. The first kappa shape index (κ1) is 28.1. The van der Waals surface area contributed by atoms with Crippen LogP contribution in [0.4, 0.5) is 4.39 Å². The van der Waals surface area contributed by atoms with E-state index >= 15 is 4.39 Å². The molecule has 9 heteroatoms. The van der Waals surface area contributed by atoms with Gasteiger partial charge < -0.3 is 24.1 Å². The maximum Gasteiger partial charge on any atom is 0.230 e. The molecule has 3 heterocycles. The van der Waals surface area contributed by atoms with Crippen LogP contribution in [0, 0.1) is 25.1 Å². The number of methoxy groups -OCH3 is 1.